The van der Waals surface area contributed by atoms with Gasteiger partial charge in [-0.25, -0.2) is 4.98 Å². The Labute approximate surface area is 175 Å². The van der Waals surface area contributed by atoms with Crippen molar-refractivity contribution in [2.75, 3.05) is 26.2 Å². The zero-order chi connectivity index (χ0) is 20.1. The molecule has 3 aromatic rings. The quantitative estimate of drug-likeness (QED) is 0.641. The van der Waals surface area contributed by atoms with E-state index in [1.54, 1.807) is 0 Å². The van der Waals surface area contributed by atoms with Gasteiger partial charge in [-0.15, -0.1) is 11.3 Å². The lowest BCUT2D eigenvalue weighted by Crippen LogP contribution is -2.40. The number of thiazole rings is 1. The Morgan fingerprint density at radius 1 is 1.17 bits per heavy atom. The second-order valence-electron chi connectivity index (χ2n) is 7.54. The maximum absolute atomic E-state index is 10.4. The van der Waals surface area contributed by atoms with Crippen LogP contribution in [0.15, 0.2) is 48.5 Å². The van der Waals surface area contributed by atoms with Crippen LogP contribution < -0.4 is 4.74 Å². The van der Waals surface area contributed by atoms with Gasteiger partial charge in [-0.05, 0) is 55.8 Å². The molecule has 2 aromatic carbocycles. The first-order chi connectivity index (χ1) is 14.2. The first kappa shape index (κ1) is 19.8. The molecule has 5 nitrogen and oxygen atoms in total. The standard InChI is InChI=1S/C23H25N3O2S/c24-12-9-17-5-7-20(8-6-17)28-16-19(27)15-26-13-10-18(11-14-26)23-25-21-3-1-2-4-22(21)29-23/h1-8,18-19,27H,9-11,13-16H2/t19-/m1/s1. The Hall–Kier alpha value is -2.46. The summed E-state index contributed by atoms with van der Waals surface area (Å²) in [6.45, 7) is 2.84. The predicted octanol–water partition coefficient (Wildman–Crippen LogP) is 3.98. The van der Waals surface area contributed by atoms with E-state index in [1.165, 1.54) is 9.71 Å². The fourth-order valence-electron chi connectivity index (χ4n) is 3.77. The number of ether oxygens (including phenoxy) is 1. The Morgan fingerprint density at radius 3 is 2.66 bits per heavy atom. The van der Waals surface area contributed by atoms with Crippen LogP contribution >= 0.6 is 11.3 Å². The molecule has 0 spiro atoms. The third-order valence-electron chi connectivity index (χ3n) is 5.37. The van der Waals surface area contributed by atoms with Crippen LogP contribution in [0, 0.1) is 11.3 Å². The molecule has 0 saturated carbocycles. The van der Waals surface area contributed by atoms with Crippen LogP contribution in [0.25, 0.3) is 10.2 Å². The van der Waals surface area contributed by atoms with Crippen molar-refractivity contribution >= 4 is 21.6 Å². The molecule has 1 saturated heterocycles. The van der Waals surface area contributed by atoms with Crippen molar-refractivity contribution in [3.05, 3.63) is 59.1 Å². The summed E-state index contributed by atoms with van der Waals surface area (Å²) in [6, 6.07) is 17.9. The molecule has 1 atom stereocenters. The minimum absolute atomic E-state index is 0.273. The lowest BCUT2D eigenvalue weighted by atomic mass is 9.97. The zero-order valence-corrected chi connectivity index (χ0v) is 17.1. The number of benzene rings is 2. The average molecular weight is 408 g/mol. The van der Waals surface area contributed by atoms with Gasteiger partial charge in [0.05, 0.1) is 27.7 Å². The summed E-state index contributed by atoms with van der Waals surface area (Å²) in [6.07, 6.45) is 2.03. The summed E-state index contributed by atoms with van der Waals surface area (Å²) < 4.78 is 6.96. The van der Waals surface area contributed by atoms with E-state index in [-0.39, 0.29) is 6.61 Å². The molecule has 1 fully saturated rings. The fourth-order valence-corrected chi connectivity index (χ4v) is 4.90. The number of nitrogens with zero attached hydrogens (tertiary/aromatic N) is 3. The highest BCUT2D eigenvalue weighted by atomic mass is 32.1. The van der Waals surface area contributed by atoms with E-state index >= 15 is 0 Å². The van der Waals surface area contributed by atoms with Crippen LogP contribution in [0.5, 0.6) is 5.75 Å². The van der Waals surface area contributed by atoms with Gasteiger partial charge < -0.3 is 14.7 Å². The number of aromatic nitrogens is 1. The predicted molar refractivity (Wildman–Crippen MR) is 115 cm³/mol. The normalized spacial score (nSPS) is 16.6. The van der Waals surface area contributed by atoms with E-state index in [0.29, 0.717) is 18.9 Å². The Balaban J connectivity index is 1.22. The molecule has 0 bridgehead atoms. The molecule has 1 N–H and O–H groups in total. The summed E-state index contributed by atoms with van der Waals surface area (Å²) in [5.74, 6) is 1.24. The lowest BCUT2D eigenvalue weighted by molar-refractivity contribution is 0.0594. The van der Waals surface area contributed by atoms with E-state index in [1.807, 2.05) is 41.7 Å². The van der Waals surface area contributed by atoms with Crippen molar-refractivity contribution in [1.29, 1.82) is 5.26 Å². The number of hydrogen-bond donors (Lipinski definition) is 1. The van der Waals surface area contributed by atoms with Gasteiger partial charge >= 0.3 is 0 Å². The summed E-state index contributed by atoms with van der Waals surface area (Å²) in [5.41, 5.74) is 2.07. The lowest BCUT2D eigenvalue weighted by Gasteiger charge is -2.32. The van der Waals surface area contributed by atoms with Gasteiger partial charge in [-0.1, -0.05) is 24.3 Å². The number of β-amino-alcohol motifs (C(OH)–C–C–N with tert-alkyl or cyclic N) is 1. The van der Waals surface area contributed by atoms with Crippen molar-refractivity contribution in [1.82, 2.24) is 9.88 Å². The summed E-state index contributed by atoms with van der Waals surface area (Å²) >= 11 is 1.81. The van der Waals surface area contributed by atoms with Crippen molar-refractivity contribution in [3.63, 3.8) is 0 Å². The van der Waals surface area contributed by atoms with Gasteiger partial charge in [0.25, 0.3) is 0 Å². The van der Waals surface area contributed by atoms with Crippen LogP contribution in [-0.4, -0.2) is 47.3 Å². The van der Waals surface area contributed by atoms with Crippen LogP contribution in [0.4, 0.5) is 0 Å². The molecular weight excluding hydrogens is 382 g/mol. The average Bonchev–Trinajstić information content (AvgIpc) is 3.18. The number of nitriles is 1. The van der Waals surface area contributed by atoms with E-state index in [0.717, 1.165) is 42.8 Å². The number of para-hydroxylation sites is 1. The van der Waals surface area contributed by atoms with Gasteiger partial charge in [0.1, 0.15) is 18.5 Å². The zero-order valence-electron chi connectivity index (χ0n) is 16.3. The van der Waals surface area contributed by atoms with Crippen LogP contribution in [-0.2, 0) is 6.42 Å². The van der Waals surface area contributed by atoms with Gasteiger partial charge in [-0.3, -0.25) is 0 Å². The van der Waals surface area contributed by atoms with Crippen LogP contribution in [0.2, 0.25) is 0 Å². The molecule has 2 heterocycles. The molecule has 150 valence electrons. The van der Waals surface area contributed by atoms with E-state index in [2.05, 4.69) is 29.2 Å². The topological polar surface area (TPSA) is 69.4 Å². The number of hydrogen-bond acceptors (Lipinski definition) is 6. The van der Waals surface area contributed by atoms with E-state index in [4.69, 9.17) is 15.0 Å². The maximum Gasteiger partial charge on any atom is 0.119 e. The Kier molecular flexibility index (Phi) is 6.40. The molecule has 1 aliphatic rings. The Bertz CT molecular complexity index is 939. The monoisotopic (exact) mass is 407 g/mol. The molecule has 0 amide bonds. The molecule has 4 rings (SSSR count). The van der Waals surface area contributed by atoms with Gasteiger partial charge in [0.2, 0.25) is 0 Å². The highest BCUT2D eigenvalue weighted by Gasteiger charge is 2.24. The van der Waals surface area contributed by atoms with Crippen molar-refractivity contribution in [2.45, 2.75) is 31.3 Å². The summed E-state index contributed by atoms with van der Waals surface area (Å²) in [7, 11) is 0. The van der Waals surface area contributed by atoms with Crippen molar-refractivity contribution < 1.29 is 9.84 Å². The molecule has 0 unspecified atom stereocenters. The third-order valence-corrected chi connectivity index (χ3v) is 6.56. The SMILES string of the molecule is N#CCc1ccc(OC[C@H](O)CN2CCC(c3nc4ccccc4s3)CC2)cc1. The molecule has 0 aliphatic carbocycles. The molecular formula is C23H25N3O2S. The molecule has 1 aliphatic heterocycles. The summed E-state index contributed by atoms with van der Waals surface area (Å²) in [5, 5.41) is 20.3. The number of piperidine rings is 1. The molecule has 29 heavy (non-hydrogen) atoms. The molecule has 0 radical (unpaired) electrons. The second kappa shape index (κ2) is 9.36. The number of aliphatic hydroxyl groups excluding tert-OH is 1. The van der Waals surface area contributed by atoms with Crippen LogP contribution in [0.1, 0.15) is 29.3 Å². The highest BCUT2D eigenvalue weighted by molar-refractivity contribution is 7.18. The minimum atomic E-state index is -0.521. The van der Waals surface area contributed by atoms with E-state index < -0.39 is 6.10 Å². The smallest absolute Gasteiger partial charge is 0.119 e. The van der Waals surface area contributed by atoms with Gasteiger partial charge in [-0.2, -0.15) is 5.26 Å². The molecule has 1 aromatic heterocycles. The first-order valence-corrected chi connectivity index (χ1v) is 10.9. The van der Waals surface area contributed by atoms with Crippen molar-refractivity contribution in [2.24, 2.45) is 0 Å². The highest BCUT2D eigenvalue weighted by Crippen LogP contribution is 2.33. The first-order valence-electron chi connectivity index (χ1n) is 10.1. The van der Waals surface area contributed by atoms with Gasteiger partial charge in [0.15, 0.2) is 0 Å². The Morgan fingerprint density at radius 2 is 1.93 bits per heavy atom. The largest absolute Gasteiger partial charge is 0.491 e. The number of rotatable bonds is 7. The second-order valence-corrected chi connectivity index (χ2v) is 8.60. The summed E-state index contributed by atoms with van der Waals surface area (Å²) in [4.78, 5) is 7.13. The van der Waals surface area contributed by atoms with E-state index in [9.17, 15) is 5.11 Å². The number of aliphatic hydroxyl groups is 1. The van der Waals surface area contributed by atoms with Crippen LogP contribution in [0.3, 0.4) is 0 Å². The number of likely N-dealkylation sites (tertiary alicyclic amines) is 1. The van der Waals surface area contributed by atoms with Crippen molar-refractivity contribution in [3.8, 4) is 11.8 Å². The number of fused-ring (bicyclic) bond motifs is 1. The maximum atomic E-state index is 10.4. The van der Waals surface area contributed by atoms with Gasteiger partial charge in [0, 0.05) is 12.5 Å². The minimum Gasteiger partial charge on any atom is -0.491 e. The third kappa shape index (κ3) is 5.13. The fraction of sp³-hybridized carbons (Fsp3) is 0.391. The molecule has 6 heteroatoms.